The Morgan fingerprint density at radius 1 is 1.00 bits per heavy atom. The molecule has 30 heavy (non-hydrogen) atoms. The first-order chi connectivity index (χ1) is 14.7. The van der Waals surface area contributed by atoms with Crippen LogP contribution in [0.15, 0.2) is 54.6 Å². The molecular weight excluding hydrogens is 380 g/mol. The van der Waals surface area contributed by atoms with Crippen LogP contribution in [-0.2, 0) is 11.3 Å². The normalized spacial score (nSPS) is 15.3. The molecule has 6 heteroatoms. The van der Waals surface area contributed by atoms with Gasteiger partial charge in [-0.15, -0.1) is 0 Å². The summed E-state index contributed by atoms with van der Waals surface area (Å²) in [4.78, 5) is 12.5. The molecule has 1 aliphatic rings. The Bertz CT molecular complexity index is 1290. The molecule has 0 saturated carbocycles. The zero-order chi connectivity index (χ0) is 20.8. The quantitative estimate of drug-likeness (QED) is 0.470. The molecule has 0 fully saturated rings. The Hall–Kier alpha value is -3.67. The number of nitrogens with one attached hydrogen (secondary N) is 1. The van der Waals surface area contributed by atoms with Crippen molar-refractivity contribution in [2.75, 3.05) is 19.5 Å². The molecule has 0 spiro atoms. The van der Waals surface area contributed by atoms with Crippen molar-refractivity contribution >= 4 is 33.5 Å². The van der Waals surface area contributed by atoms with Gasteiger partial charge in [0.25, 0.3) is 0 Å². The number of carbonyl (C=O) groups excluding carboxylic acids is 1. The number of anilines is 1. The number of rotatable bonds is 5. The largest absolute Gasteiger partial charge is 0.493 e. The predicted octanol–water partition coefficient (Wildman–Crippen LogP) is 5.11. The first kappa shape index (κ1) is 18.4. The van der Waals surface area contributed by atoms with E-state index in [9.17, 15) is 4.79 Å². The maximum atomic E-state index is 12.5. The minimum Gasteiger partial charge on any atom is -0.493 e. The van der Waals surface area contributed by atoms with Crippen molar-refractivity contribution in [1.82, 2.24) is 4.57 Å². The third-order valence-corrected chi connectivity index (χ3v) is 5.68. The summed E-state index contributed by atoms with van der Waals surface area (Å²) in [6.07, 6.45) is -0.593. The smallest absolute Gasteiger partial charge is 0.344 e. The predicted molar refractivity (Wildman–Crippen MR) is 116 cm³/mol. The van der Waals surface area contributed by atoms with Crippen molar-refractivity contribution in [3.05, 3.63) is 65.7 Å². The van der Waals surface area contributed by atoms with Gasteiger partial charge in [-0.3, -0.25) is 0 Å². The van der Waals surface area contributed by atoms with Crippen molar-refractivity contribution in [1.29, 1.82) is 0 Å². The molecule has 5 rings (SSSR count). The SMILES string of the molecule is CCn1c2ccccc2c2cc(N[C@@H]3OC(=O)c4c3ccc(OC)c4OC)ccc21. The van der Waals surface area contributed by atoms with Gasteiger partial charge in [0.05, 0.1) is 14.2 Å². The van der Waals surface area contributed by atoms with Crippen LogP contribution in [0.5, 0.6) is 11.5 Å². The van der Waals surface area contributed by atoms with Gasteiger partial charge in [-0.25, -0.2) is 4.79 Å². The molecule has 0 bridgehead atoms. The Morgan fingerprint density at radius 2 is 1.80 bits per heavy atom. The lowest BCUT2D eigenvalue weighted by atomic mass is 10.1. The van der Waals surface area contributed by atoms with E-state index in [2.05, 4.69) is 53.2 Å². The number of para-hydroxylation sites is 1. The molecule has 0 unspecified atom stereocenters. The molecule has 0 amide bonds. The molecule has 152 valence electrons. The van der Waals surface area contributed by atoms with Gasteiger partial charge in [0.15, 0.2) is 11.5 Å². The van der Waals surface area contributed by atoms with Gasteiger partial charge in [0.2, 0.25) is 6.23 Å². The average molecular weight is 402 g/mol. The molecule has 2 heterocycles. The lowest BCUT2D eigenvalue weighted by Crippen LogP contribution is -2.10. The molecule has 1 N–H and O–H groups in total. The van der Waals surface area contributed by atoms with Crippen LogP contribution in [0.3, 0.4) is 0 Å². The second-order valence-corrected chi connectivity index (χ2v) is 7.19. The number of methoxy groups -OCH3 is 2. The molecule has 1 aliphatic heterocycles. The van der Waals surface area contributed by atoms with Crippen LogP contribution < -0.4 is 14.8 Å². The van der Waals surface area contributed by atoms with Gasteiger partial charge < -0.3 is 24.1 Å². The number of esters is 1. The van der Waals surface area contributed by atoms with Gasteiger partial charge in [-0.05, 0) is 43.3 Å². The lowest BCUT2D eigenvalue weighted by Gasteiger charge is -2.15. The summed E-state index contributed by atoms with van der Waals surface area (Å²) >= 11 is 0. The number of cyclic esters (lactones) is 1. The third kappa shape index (κ3) is 2.60. The molecule has 0 saturated heterocycles. The number of ether oxygens (including phenoxy) is 3. The van der Waals surface area contributed by atoms with Crippen LogP contribution >= 0.6 is 0 Å². The Balaban J connectivity index is 1.56. The van der Waals surface area contributed by atoms with E-state index in [0.717, 1.165) is 23.2 Å². The van der Waals surface area contributed by atoms with Crippen LogP contribution in [0.25, 0.3) is 21.8 Å². The average Bonchev–Trinajstić information content (AvgIpc) is 3.27. The summed E-state index contributed by atoms with van der Waals surface area (Å²) in [7, 11) is 3.06. The highest BCUT2D eigenvalue weighted by Crippen LogP contribution is 2.42. The van der Waals surface area contributed by atoms with Crippen LogP contribution in [0.2, 0.25) is 0 Å². The summed E-state index contributed by atoms with van der Waals surface area (Å²) in [5.41, 5.74) is 4.40. The second kappa shape index (κ2) is 6.99. The minimum absolute atomic E-state index is 0.394. The van der Waals surface area contributed by atoms with Gasteiger partial charge in [-0.1, -0.05) is 18.2 Å². The summed E-state index contributed by atoms with van der Waals surface area (Å²) in [6.45, 7) is 3.04. The number of aromatic nitrogens is 1. The summed E-state index contributed by atoms with van der Waals surface area (Å²) < 4.78 is 18.6. The van der Waals surface area contributed by atoms with E-state index in [1.807, 2.05) is 12.1 Å². The standard InChI is InChI=1S/C24H22N2O4/c1-4-26-18-8-6-5-7-15(18)17-13-14(9-11-19(17)26)25-23-16-10-12-20(28-2)22(29-3)21(16)24(27)30-23/h5-13,23,25H,4H2,1-3H3/t23-/m1/s1. The van der Waals surface area contributed by atoms with Crippen molar-refractivity contribution in [3.8, 4) is 11.5 Å². The fourth-order valence-corrected chi connectivity index (χ4v) is 4.34. The minimum atomic E-state index is -0.593. The Labute approximate surface area is 174 Å². The van der Waals surface area contributed by atoms with Crippen LogP contribution in [0.1, 0.15) is 29.1 Å². The Kier molecular flexibility index (Phi) is 4.28. The number of aryl methyl sites for hydroxylation is 1. The van der Waals surface area contributed by atoms with Crippen molar-refractivity contribution in [2.45, 2.75) is 19.7 Å². The monoisotopic (exact) mass is 402 g/mol. The number of hydrogen-bond acceptors (Lipinski definition) is 5. The number of hydrogen-bond donors (Lipinski definition) is 1. The summed E-state index contributed by atoms with van der Waals surface area (Å²) in [5, 5.41) is 5.72. The molecule has 6 nitrogen and oxygen atoms in total. The van der Waals surface area contributed by atoms with E-state index in [-0.39, 0.29) is 0 Å². The first-order valence-corrected chi connectivity index (χ1v) is 9.89. The van der Waals surface area contributed by atoms with Crippen molar-refractivity contribution in [2.24, 2.45) is 0 Å². The number of nitrogens with zero attached hydrogens (tertiary/aromatic N) is 1. The fraction of sp³-hybridized carbons (Fsp3) is 0.208. The number of carbonyl (C=O) groups is 1. The van der Waals surface area contributed by atoms with Crippen LogP contribution in [0.4, 0.5) is 5.69 Å². The van der Waals surface area contributed by atoms with E-state index in [1.54, 1.807) is 13.2 Å². The Morgan fingerprint density at radius 3 is 2.57 bits per heavy atom. The molecule has 3 aromatic carbocycles. The number of fused-ring (bicyclic) bond motifs is 4. The van der Waals surface area contributed by atoms with Gasteiger partial charge in [-0.2, -0.15) is 0 Å². The van der Waals surface area contributed by atoms with Crippen molar-refractivity contribution < 1.29 is 19.0 Å². The van der Waals surface area contributed by atoms with Crippen LogP contribution in [0, 0.1) is 0 Å². The number of benzene rings is 3. The van der Waals surface area contributed by atoms with E-state index in [1.165, 1.54) is 23.5 Å². The maximum absolute atomic E-state index is 12.5. The topological polar surface area (TPSA) is 61.7 Å². The molecule has 1 atom stereocenters. The van der Waals surface area contributed by atoms with Gasteiger partial charge in [0, 0.05) is 39.6 Å². The van der Waals surface area contributed by atoms with Gasteiger partial charge in [0.1, 0.15) is 5.56 Å². The third-order valence-electron chi connectivity index (χ3n) is 5.68. The molecule has 4 aromatic rings. The van der Waals surface area contributed by atoms with E-state index in [0.29, 0.717) is 17.1 Å². The first-order valence-electron chi connectivity index (χ1n) is 9.89. The second-order valence-electron chi connectivity index (χ2n) is 7.19. The highest BCUT2D eigenvalue weighted by molar-refractivity contribution is 6.09. The van der Waals surface area contributed by atoms with E-state index < -0.39 is 12.2 Å². The van der Waals surface area contributed by atoms with Crippen molar-refractivity contribution in [3.63, 3.8) is 0 Å². The van der Waals surface area contributed by atoms with Gasteiger partial charge >= 0.3 is 5.97 Å². The highest BCUT2D eigenvalue weighted by Gasteiger charge is 2.36. The van der Waals surface area contributed by atoms with Crippen LogP contribution in [-0.4, -0.2) is 24.8 Å². The molecule has 0 aliphatic carbocycles. The lowest BCUT2D eigenvalue weighted by molar-refractivity contribution is 0.0435. The summed E-state index contributed by atoms with van der Waals surface area (Å²) in [5.74, 6) is 0.468. The fourth-order valence-electron chi connectivity index (χ4n) is 4.34. The van der Waals surface area contributed by atoms with E-state index >= 15 is 0 Å². The van der Waals surface area contributed by atoms with E-state index in [4.69, 9.17) is 14.2 Å². The zero-order valence-electron chi connectivity index (χ0n) is 17.1. The highest BCUT2D eigenvalue weighted by atomic mass is 16.6. The molecule has 0 radical (unpaired) electrons. The zero-order valence-corrected chi connectivity index (χ0v) is 17.1. The molecular formula is C24H22N2O4. The maximum Gasteiger partial charge on any atom is 0.344 e. The molecule has 1 aromatic heterocycles. The summed E-state index contributed by atoms with van der Waals surface area (Å²) in [6, 6.07) is 18.2.